The van der Waals surface area contributed by atoms with Crippen molar-refractivity contribution in [1.82, 2.24) is 0 Å². The van der Waals surface area contributed by atoms with Gasteiger partial charge in [-0.2, -0.15) is 0 Å². The van der Waals surface area contributed by atoms with Gasteiger partial charge in [-0.3, -0.25) is 4.99 Å². The van der Waals surface area contributed by atoms with Gasteiger partial charge in [-0.05, 0) is 49.2 Å². The highest BCUT2D eigenvalue weighted by Gasteiger charge is 2.06. The first kappa shape index (κ1) is 16.2. The summed E-state index contributed by atoms with van der Waals surface area (Å²) >= 11 is 3.40. The van der Waals surface area contributed by atoms with Gasteiger partial charge in [-0.25, -0.2) is 4.79 Å². The van der Waals surface area contributed by atoms with Gasteiger partial charge in [-0.15, -0.1) is 0 Å². The molecule has 0 amide bonds. The molecule has 4 nitrogen and oxygen atoms in total. The van der Waals surface area contributed by atoms with Crippen molar-refractivity contribution in [2.24, 2.45) is 4.99 Å². The molecule has 0 heterocycles. The Labute approximate surface area is 137 Å². The van der Waals surface area contributed by atoms with E-state index in [1.54, 1.807) is 18.3 Å². The van der Waals surface area contributed by atoms with E-state index < -0.39 is 5.97 Å². The van der Waals surface area contributed by atoms with E-state index in [0.29, 0.717) is 5.75 Å². The normalized spacial score (nSPS) is 10.9. The molecule has 0 saturated heterocycles. The highest BCUT2D eigenvalue weighted by Crippen LogP contribution is 2.24. The van der Waals surface area contributed by atoms with Crippen LogP contribution in [0.3, 0.4) is 0 Å². The van der Waals surface area contributed by atoms with Crippen molar-refractivity contribution in [1.29, 1.82) is 0 Å². The van der Waals surface area contributed by atoms with Gasteiger partial charge >= 0.3 is 5.97 Å². The van der Waals surface area contributed by atoms with E-state index in [0.717, 1.165) is 26.9 Å². The van der Waals surface area contributed by atoms with E-state index in [4.69, 9.17) is 9.84 Å². The molecular weight excluding hydrogens is 346 g/mol. The molecule has 2 aromatic carbocycles. The zero-order valence-electron chi connectivity index (χ0n) is 12.3. The Morgan fingerprint density at radius 2 is 2.05 bits per heavy atom. The van der Waals surface area contributed by atoms with Crippen molar-refractivity contribution in [3.63, 3.8) is 0 Å². The molecule has 0 aliphatic rings. The number of halogens is 1. The predicted molar refractivity (Wildman–Crippen MR) is 90.4 cm³/mol. The number of aryl methyl sites for hydroxylation is 2. The maximum absolute atomic E-state index is 10.6. The summed E-state index contributed by atoms with van der Waals surface area (Å²) in [6.45, 7) is 3.62. The summed E-state index contributed by atoms with van der Waals surface area (Å²) < 4.78 is 6.16. The molecular formula is C17H16BrNO3. The Bertz CT molecular complexity index is 726. The number of nitrogens with zero attached hydrogens (tertiary/aromatic N) is 1. The number of aliphatic carboxylic acids is 1. The summed E-state index contributed by atoms with van der Waals surface area (Å²) in [5.41, 5.74) is 3.81. The summed E-state index contributed by atoms with van der Waals surface area (Å²) in [5.74, 6) is -0.528. The fraction of sp³-hybridized carbons (Fsp3) is 0.176. The van der Waals surface area contributed by atoms with Gasteiger partial charge in [0.1, 0.15) is 5.75 Å². The number of aliphatic imine (C=N–C) groups is 1. The number of rotatable bonds is 5. The molecule has 0 saturated carbocycles. The fourth-order valence-corrected chi connectivity index (χ4v) is 2.27. The summed E-state index contributed by atoms with van der Waals surface area (Å²) in [6.07, 6.45) is 1.68. The predicted octanol–water partition coefficient (Wildman–Crippen LogP) is 4.28. The van der Waals surface area contributed by atoms with Crippen molar-refractivity contribution in [2.45, 2.75) is 13.8 Å². The minimum atomic E-state index is -1.01. The van der Waals surface area contributed by atoms with Crippen molar-refractivity contribution < 1.29 is 14.6 Å². The lowest BCUT2D eigenvalue weighted by Crippen LogP contribution is -2.10. The fourth-order valence-electron chi connectivity index (χ4n) is 1.89. The van der Waals surface area contributed by atoms with Crippen LogP contribution in [-0.4, -0.2) is 23.9 Å². The maximum Gasteiger partial charge on any atom is 0.341 e. The molecule has 0 atom stereocenters. The van der Waals surface area contributed by atoms with Crippen LogP contribution in [0.5, 0.6) is 5.75 Å². The lowest BCUT2D eigenvalue weighted by atomic mass is 10.1. The number of carbonyl (C=O) groups is 1. The molecule has 2 rings (SSSR count). The number of hydrogen-bond donors (Lipinski definition) is 1. The van der Waals surface area contributed by atoms with Gasteiger partial charge < -0.3 is 9.84 Å². The van der Waals surface area contributed by atoms with Gasteiger partial charge in [0, 0.05) is 16.3 Å². The largest absolute Gasteiger partial charge is 0.481 e. The average Bonchev–Trinajstić information content (AvgIpc) is 2.47. The minimum absolute atomic E-state index is 0.383. The molecule has 114 valence electrons. The zero-order valence-corrected chi connectivity index (χ0v) is 13.9. The Kier molecular flexibility index (Phi) is 5.33. The zero-order chi connectivity index (χ0) is 16.1. The van der Waals surface area contributed by atoms with Gasteiger partial charge in [0.2, 0.25) is 0 Å². The second kappa shape index (κ2) is 7.22. The first-order valence-corrected chi connectivity index (χ1v) is 7.50. The van der Waals surface area contributed by atoms with Gasteiger partial charge in [0.15, 0.2) is 6.61 Å². The van der Waals surface area contributed by atoms with Crippen LogP contribution >= 0.6 is 15.9 Å². The number of carboxylic acid groups (broad SMARTS) is 1. The van der Waals surface area contributed by atoms with E-state index in [9.17, 15) is 4.79 Å². The first-order valence-electron chi connectivity index (χ1n) is 6.71. The van der Waals surface area contributed by atoms with Gasteiger partial charge in [-0.1, -0.05) is 28.1 Å². The number of ether oxygens (including phenoxy) is 1. The topological polar surface area (TPSA) is 58.9 Å². The lowest BCUT2D eigenvalue weighted by Gasteiger charge is -2.07. The minimum Gasteiger partial charge on any atom is -0.481 e. The van der Waals surface area contributed by atoms with Crippen molar-refractivity contribution in [3.8, 4) is 5.75 Å². The monoisotopic (exact) mass is 361 g/mol. The lowest BCUT2D eigenvalue weighted by molar-refractivity contribution is -0.139. The van der Waals surface area contributed by atoms with E-state index in [2.05, 4.69) is 20.9 Å². The second-order valence-electron chi connectivity index (χ2n) is 4.91. The third-order valence-corrected chi connectivity index (χ3v) is 3.52. The van der Waals surface area contributed by atoms with Crippen LogP contribution in [0.25, 0.3) is 0 Å². The molecule has 0 aliphatic carbocycles. The van der Waals surface area contributed by atoms with E-state index in [1.165, 1.54) is 0 Å². The number of benzene rings is 2. The molecule has 0 radical (unpaired) electrons. The average molecular weight is 362 g/mol. The smallest absolute Gasteiger partial charge is 0.341 e. The quantitative estimate of drug-likeness (QED) is 0.808. The van der Waals surface area contributed by atoms with Gasteiger partial charge in [0.05, 0.1) is 5.69 Å². The van der Waals surface area contributed by atoms with Crippen LogP contribution in [0.15, 0.2) is 45.9 Å². The molecule has 22 heavy (non-hydrogen) atoms. The second-order valence-corrected chi connectivity index (χ2v) is 5.83. The molecule has 0 bridgehead atoms. The Morgan fingerprint density at radius 3 is 2.77 bits per heavy atom. The van der Waals surface area contributed by atoms with Crippen molar-refractivity contribution in [3.05, 3.63) is 57.6 Å². The Balaban J connectivity index is 2.31. The molecule has 2 aromatic rings. The maximum atomic E-state index is 10.6. The van der Waals surface area contributed by atoms with Crippen LogP contribution < -0.4 is 4.74 Å². The molecule has 0 aliphatic heterocycles. The number of hydrogen-bond acceptors (Lipinski definition) is 3. The third-order valence-electron chi connectivity index (χ3n) is 3.03. The van der Waals surface area contributed by atoms with Crippen LogP contribution in [-0.2, 0) is 4.79 Å². The summed E-state index contributed by atoms with van der Waals surface area (Å²) in [6, 6.07) is 11.4. The molecule has 0 spiro atoms. The van der Waals surface area contributed by atoms with E-state index in [-0.39, 0.29) is 6.61 Å². The molecule has 0 fully saturated rings. The Morgan fingerprint density at radius 1 is 1.27 bits per heavy atom. The Hall–Kier alpha value is -2.14. The van der Waals surface area contributed by atoms with Gasteiger partial charge in [0.25, 0.3) is 0 Å². The van der Waals surface area contributed by atoms with Crippen molar-refractivity contribution in [2.75, 3.05) is 6.61 Å². The standard InChI is InChI=1S/C17H16BrNO3/c1-11-3-4-12(2)15(7-11)19-9-13-8-14(18)5-6-16(13)22-10-17(20)21/h3-9H,10H2,1-2H3,(H,20,21). The first-order chi connectivity index (χ1) is 10.5. The highest BCUT2D eigenvalue weighted by molar-refractivity contribution is 9.10. The van der Waals surface area contributed by atoms with Crippen LogP contribution in [0.4, 0.5) is 5.69 Å². The van der Waals surface area contributed by atoms with Crippen LogP contribution in [0.2, 0.25) is 0 Å². The molecule has 0 aromatic heterocycles. The SMILES string of the molecule is Cc1ccc(C)c(N=Cc2cc(Br)ccc2OCC(=O)O)c1. The molecule has 0 unspecified atom stereocenters. The number of carboxylic acids is 1. The van der Waals surface area contributed by atoms with E-state index >= 15 is 0 Å². The van der Waals surface area contributed by atoms with Crippen LogP contribution in [0.1, 0.15) is 16.7 Å². The van der Waals surface area contributed by atoms with Crippen molar-refractivity contribution >= 4 is 33.8 Å². The van der Waals surface area contributed by atoms with E-state index in [1.807, 2.05) is 38.1 Å². The molecule has 5 heteroatoms. The third kappa shape index (κ3) is 4.43. The summed E-state index contributed by atoms with van der Waals surface area (Å²) in [4.78, 5) is 15.1. The highest BCUT2D eigenvalue weighted by atomic mass is 79.9. The molecule has 1 N–H and O–H groups in total. The summed E-state index contributed by atoms with van der Waals surface area (Å²) in [5, 5.41) is 8.73. The summed E-state index contributed by atoms with van der Waals surface area (Å²) in [7, 11) is 0. The van der Waals surface area contributed by atoms with Crippen LogP contribution in [0, 0.1) is 13.8 Å².